The molecule has 0 aromatic heterocycles. The van der Waals surface area contributed by atoms with Crippen molar-refractivity contribution in [2.75, 3.05) is 12.8 Å². The minimum absolute atomic E-state index is 0.0755. The summed E-state index contributed by atoms with van der Waals surface area (Å²) in [6.07, 6.45) is 8.24. The molecule has 0 saturated heterocycles. The molecule has 0 aliphatic heterocycles. The highest BCUT2D eigenvalue weighted by Crippen LogP contribution is 2.26. The zero-order chi connectivity index (χ0) is 14.5. The topological polar surface area (TPSA) is 46.3 Å². The van der Waals surface area contributed by atoms with Gasteiger partial charge in [-0.3, -0.25) is 4.79 Å². The molecule has 0 heterocycles. The van der Waals surface area contributed by atoms with Gasteiger partial charge in [-0.1, -0.05) is 31.9 Å². The largest absolute Gasteiger partial charge is 0.399 e. The van der Waals surface area contributed by atoms with Crippen LogP contribution in [-0.4, -0.2) is 23.9 Å². The number of nitrogens with zero attached hydrogens (tertiary/aromatic N) is 1. The Morgan fingerprint density at radius 1 is 1.40 bits per heavy atom. The molecule has 1 aliphatic carbocycles. The van der Waals surface area contributed by atoms with Crippen molar-refractivity contribution >= 4 is 17.7 Å². The van der Waals surface area contributed by atoms with Crippen molar-refractivity contribution < 1.29 is 4.79 Å². The standard InChI is InChI=1S/C17H24N2O/c1-13-5-3-8-16(11-13)19(2)17(20)10-9-14-6-4-7-15(18)12-14/h4,6-7,9-10,12-13,16H,3,5,8,11,18H2,1-2H3/b10-9+. The summed E-state index contributed by atoms with van der Waals surface area (Å²) in [5.74, 6) is 0.799. The highest BCUT2D eigenvalue weighted by molar-refractivity contribution is 5.91. The molecule has 1 amide bonds. The molecule has 1 fully saturated rings. The lowest BCUT2D eigenvalue weighted by Crippen LogP contribution is -2.38. The molecule has 1 aromatic carbocycles. The lowest BCUT2D eigenvalue weighted by atomic mass is 9.86. The second-order valence-corrected chi connectivity index (χ2v) is 5.88. The molecule has 3 nitrogen and oxygen atoms in total. The molecule has 1 saturated carbocycles. The van der Waals surface area contributed by atoms with Gasteiger partial charge in [-0.25, -0.2) is 0 Å². The van der Waals surface area contributed by atoms with Crippen LogP contribution in [0.4, 0.5) is 5.69 Å². The zero-order valence-corrected chi connectivity index (χ0v) is 12.4. The first-order chi connectivity index (χ1) is 9.56. The van der Waals surface area contributed by atoms with E-state index in [0.29, 0.717) is 11.7 Å². The zero-order valence-electron chi connectivity index (χ0n) is 12.4. The summed E-state index contributed by atoms with van der Waals surface area (Å²) in [5, 5.41) is 0. The SMILES string of the molecule is CC1CCCC(N(C)C(=O)/C=C/c2cccc(N)c2)C1. The van der Waals surface area contributed by atoms with E-state index >= 15 is 0 Å². The van der Waals surface area contributed by atoms with E-state index in [-0.39, 0.29) is 5.91 Å². The lowest BCUT2D eigenvalue weighted by Gasteiger charge is -2.33. The van der Waals surface area contributed by atoms with Crippen molar-refractivity contribution in [3.8, 4) is 0 Å². The molecule has 20 heavy (non-hydrogen) atoms. The van der Waals surface area contributed by atoms with Crippen molar-refractivity contribution in [3.63, 3.8) is 0 Å². The number of amides is 1. The third-order valence-corrected chi connectivity index (χ3v) is 4.13. The highest BCUT2D eigenvalue weighted by Gasteiger charge is 2.24. The summed E-state index contributed by atoms with van der Waals surface area (Å²) < 4.78 is 0. The summed E-state index contributed by atoms with van der Waals surface area (Å²) in [6, 6.07) is 7.94. The average molecular weight is 272 g/mol. The minimum Gasteiger partial charge on any atom is -0.399 e. The van der Waals surface area contributed by atoms with Crippen molar-refractivity contribution in [3.05, 3.63) is 35.9 Å². The Bertz CT molecular complexity index is 496. The van der Waals surface area contributed by atoms with Gasteiger partial charge >= 0.3 is 0 Å². The van der Waals surface area contributed by atoms with Gasteiger partial charge in [0.05, 0.1) is 0 Å². The molecule has 3 heteroatoms. The Balaban J connectivity index is 1.97. The predicted octanol–water partition coefficient (Wildman–Crippen LogP) is 3.32. The van der Waals surface area contributed by atoms with Crippen molar-refractivity contribution in [1.29, 1.82) is 0 Å². The van der Waals surface area contributed by atoms with E-state index in [0.717, 1.165) is 24.3 Å². The lowest BCUT2D eigenvalue weighted by molar-refractivity contribution is -0.127. The van der Waals surface area contributed by atoms with Crippen LogP contribution >= 0.6 is 0 Å². The van der Waals surface area contributed by atoms with Gasteiger partial charge in [-0.2, -0.15) is 0 Å². The van der Waals surface area contributed by atoms with Crippen LogP contribution in [0.2, 0.25) is 0 Å². The molecular weight excluding hydrogens is 248 g/mol. The fourth-order valence-electron chi connectivity index (χ4n) is 2.88. The normalized spacial score (nSPS) is 22.9. The van der Waals surface area contributed by atoms with Gasteiger partial charge in [0.1, 0.15) is 0 Å². The van der Waals surface area contributed by atoms with Gasteiger partial charge in [0.25, 0.3) is 0 Å². The molecule has 1 aliphatic rings. The third-order valence-electron chi connectivity index (χ3n) is 4.13. The van der Waals surface area contributed by atoms with Crippen LogP contribution in [0.5, 0.6) is 0 Å². The van der Waals surface area contributed by atoms with Gasteiger partial charge in [0.15, 0.2) is 0 Å². The number of carbonyl (C=O) groups excluding carboxylic acids is 1. The van der Waals surface area contributed by atoms with E-state index in [1.54, 1.807) is 6.08 Å². The Labute approximate surface area is 121 Å². The summed E-state index contributed by atoms with van der Waals surface area (Å²) in [4.78, 5) is 14.1. The van der Waals surface area contributed by atoms with Crippen molar-refractivity contribution in [1.82, 2.24) is 4.90 Å². The van der Waals surface area contributed by atoms with Gasteiger partial charge in [0, 0.05) is 24.9 Å². The van der Waals surface area contributed by atoms with E-state index in [1.165, 1.54) is 12.8 Å². The average Bonchev–Trinajstić information content (AvgIpc) is 2.44. The summed E-state index contributed by atoms with van der Waals surface area (Å²) in [6.45, 7) is 2.27. The number of nitrogens with two attached hydrogens (primary N) is 1. The maximum atomic E-state index is 12.2. The molecule has 1 aromatic rings. The Hall–Kier alpha value is -1.77. The first kappa shape index (κ1) is 14.6. The first-order valence-electron chi connectivity index (χ1n) is 7.36. The monoisotopic (exact) mass is 272 g/mol. The van der Waals surface area contributed by atoms with Crippen LogP contribution in [0.1, 0.15) is 38.2 Å². The summed E-state index contributed by atoms with van der Waals surface area (Å²) in [5.41, 5.74) is 7.41. The number of benzene rings is 1. The molecule has 2 unspecified atom stereocenters. The molecule has 108 valence electrons. The van der Waals surface area contributed by atoms with Crippen LogP contribution in [0.3, 0.4) is 0 Å². The molecule has 2 atom stereocenters. The second kappa shape index (κ2) is 6.60. The molecule has 0 spiro atoms. The summed E-state index contributed by atoms with van der Waals surface area (Å²) >= 11 is 0. The van der Waals surface area contributed by atoms with Crippen LogP contribution in [-0.2, 0) is 4.79 Å². The van der Waals surface area contributed by atoms with Gasteiger partial charge in [-0.05, 0) is 42.5 Å². The second-order valence-electron chi connectivity index (χ2n) is 5.88. The number of anilines is 1. The number of likely N-dealkylation sites (N-methyl/N-ethyl adjacent to an activating group) is 1. The molecule has 2 N–H and O–H groups in total. The van der Waals surface area contributed by atoms with Gasteiger partial charge < -0.3 is 10.6 Å². The Kier molecular flexibility index (Phi) is 4.83. The maximum absolute atomic E-state index is 12.2. The first-order valence-corrected chi connectivity index (χ1v) is 7.36. The van der Waals surface area contributed by atoms with Crippen LogP contribution in [0, 0.1) is 5.92 Å². The molecular formula is C17H24N2O. The number of carbonyl (C=O) groups is 1. The van der Waals surface area contributed by atoms with Crippen LogP contribution in [0.25, 0.3) is 6.08 Å². The number of hydrogen-bond acceptors (Lipinski definition) is 2. The fourth-order valence-corrected chi connectivity index (χ4v) is 2.88. The van der Waals surface area contributed by atoms with E-state index in [1.807, 2.05) is 42.3 Å². The smallest absolute Gasteiger partial charge is 0.246 e. The Morgan fingerprint density at radius 3 is 2.90 bits per heavy atom. The number of nitrogen functional groups attached to an aromatic ring is 1. The van der Waals surface area contributed by atoms with Crippen molar-refractivity contribution in [2.24, 2.45) is 5.92 Å². The maximum Gasteiger partial charge on any atom is 0.246 e. The summed E-state index contributed by atoms with van der Waals surface area (Å²) in [7, 11) is 1.91. The molecule has 0 bridgehead atoms. The van der Waals surface area contributed by atoms with E-state index in [2.05, 4.69) is 6.92 Å². The molecule has 0 radical (unpaired) electrons. The van der Waals surface area contributed by atoms with E-state index < -0.39 is 0 Å². The van der Waals surface area contributed by atoms with Crippen LogP contribution < -0.4 is 5.73 Å². The fraction of sp³-hybridized carbons (Fsp3) is 0.471. The van der Waals surface area contributed by atoms with Crippen LogP contribution in [0.15, 0.2) is 30.3 Å². The number of hydrogen-bond donors (Lipinski definition) is 1. The van der Waals surface area contributed by atoms with Gasteiger partial charge in [0.2, 0.25) is 5.91 Å². The highest BCUT2D eigenvalue weighted by atomic mass is 16.2. The quantitative estimate of drug-likeness (QED) is 0.677. The van der Waals surface area contributed by atoms with Gasteiger partial charge in [-0.15, -0.1) is 0 Å². The minimum atomic E-state index is 0.0755. The van der Waals surface area contributed by atoms with Crippen molar-refractivity contribution in [2.45, 2.75) is 38.6 Å². The number of rotatable bonds is 3. The molecule has 2 rings (SSSR count). The Morgan fingerprint density at radius 2 is 2.20 bits per heavy atom. The predicted molar refractivity (Wildman–Crippen MR) is 84.1 cm³/mol. The third kappa shape index (κ3) is 3.86. The van der Waals surface area contributed by atoms with E-state index in [9.17, 15) is 4.79 Å². The van der Waals surface area contributed by atoms with E-state index in [4.69, 9.17) is 5.73 Å².